The third-order valence-corrected chi connectivity index (χ3v) is 4.39. The van der Waals surface area contributed by atoms with Crippen LogP contribution >= 0.6 is 12.2 Å². The van der Waals surface area contributed by atoms with E-state index in [1.54, 1.807) is 12.1 Å². The third-order valence-electron chi connectivity index (χ3n) is 4.03. The van der Waals surface area contributed by atoms with E-state index in [2.05, 4.69) is 12.2 Å². The number of rotatable bonds is 3. The van der Waals surface area contributed by atoms with Crippen LogP contribution in [-0.4, -0.2) is 34.9 Å². The van der Waals surface area contributed by atoms with Crippen molar-refractivity contribution in [3.63, 3.8) is 0 Å². The van der Waals surface area contributed by atoms with Crippen LogP contribution in [0.25, 0.3) is 0 Å². The Labute approximate surface area is 135 Å². The highest BCUT2D eigenvalue weighted by Crippen LogP contribution is 2.16. The van der Waals surface area contributed by atoms with Gasteiger partial charge in [0.25, 0.3) is 5.91 Å². The molecule has 0 bridgehead atoms. The molecule has 1 fully saturated rings. The number of hydrogen-bond donors (Lipinski definition) is 2. The van der Waals surface area contributed by atoms with Crippen molar-refractivity contribution in [1.29, 1.82) is 0 Å². The Morgan fingerprint density at radius 2 is 1.86 bits per heavy atom. The molecule has 2 rings (SSSR count). The van der Waals surface area contributed by atoms with Crippen LogP contribution < -0.4 is 11.1 Å². The average Bonchev–Trinajstić information content (AvgIpc) is 2.54. The molecule has 0 spiro atoms. The molecule has 1 aliphatic heterocycles. The van der Waals surface area contributed by atoms with Crippen LogP contribution in [0.2, 0.25) is 0 Å². The van der Waals surface area contributed by atoms with Crippen molar-refractivity contribution in [3.05, 3.63) is 35.4 Å². The predicted octanol–water partition coefficient (Wildman–Crippen LogP) is 1.46. The largest absolute Gasteiger partial charge is 0.369 e. The number of nitrogens with two attached hydrogens (primary N) is 1. The number of aryl methyl sites for hydroxylation is 1. The number of carbonyl (C=O) groups is 2. The van der Waals surface area contributed by atoms with Gasteiger partial charge in [-0.15, -0.1) is 0 Å². The Morgan fingerprint density at radius 3 is 2.36 bits per heavy atom. The van der Waals surface area contributed by atoms with Crippen LogP contribution in [0.1, 0.15) is 35.7 Å². The van der Waals surface area contributed by atoms with E-state index in [1.807, 2.05) is 17.0 Å². The minimum Gasteiger partial charge on any atom is -0.369 e. The van der Waals surface area contributed by atoms with Crippen molar-refractivity contribution < 1.29 is 9.59 Å². The van der Waals surface area contributed by atoms with E-state index < -0.39 is 0 Å². The fourth-order valence-corrected chi connectivity index (χ4v) is 2.78. The van der Waals surface area contributed by atoms with Crippen LogP contribution in [-0.2, 0) is 11.2 Å². The number of carbonyl (C=O) groups excluding carboxylic acids is 2. The number of benzene rings is 1. The van der Waals surface area contributed by atoms with Gasteiger partial charge in [-0.3, -0.25) is 14.9 Å². The second-order valence-corrected chi connectivity index (χ2v) is 5.86. The molecule has 118 valence electrons. The van der Waals surface area contributed by atoms with E-state index in [1.165, 1.54) is 5.56 Å². The van der Waals surface area contributed by atoms with Gasteiger partial charge in [0, 0.05) is 24.6 Å². The second kappa shape index (κ2) is 7.35. The van der Waals surface area contributed by atoms with Gasteiger partial charge in [-0.25, -0.2) is 0 Å². The Morgan fingerprint density at radius 1 is 1.27 bits per heavy atom. The zero-order chi connectivity index (χ0) is 16.1. The molecule has 1 saturated heterocycles. The van der Waals surface area contributed by atoms with Crippen LogP contribution in [0.4, 0.5) is 0 Å². The van der Waals surface area contributed by atoms with Crippen LogP contribution in [0.15, 0.2) is 24.3 Å². The minimum atomic E-state index is -0.259. The number of nitrogens with one attached hydrogen (secondary N) is 1. The summed E-state index contributed by atoms with van der Waals surface area (Å²) in [7, 11) is 0. The second-order valence-electron chi connectivity index (χ2n) is 5.47. The Balaban J connectivity index is 1.88. The summed E-state index contributed by atoms with van der Waals surface area (Å²) in [6.45, 7) is 3.35. The Kier molecular flexibility index (Phi) is 5.49. The van der Waals surface area contributed by atoms with E-state index in [4.69, 9.17) is 18.0 Å². The molecule has 1 aromatic rings. The number of piperidine rings is 1. The first-order valence-corrected chi connectivity index (χ1v) is 7.90. The van der Waals surface area contributed by atoms with Crippen LogP contribution in [0.3, 0.4) is 0 Å². The van der Waals surface area contributed by atoms with E-state index in [0.717, 1.165) is 6.42 Å². The number of primary amides is 1. The van der Waals surface area contributed by atoms with Crippen molar-refractivity contribution in [2.24, 2.45) is 11.7 Å². The molecule has 5 nitrogen and oxygen atoms in total. The lowest BCUT2D eigenvalue weighted by atomic mass is 9.97. The molecule has 0 atom stereocenters. The monoisotopic (exact) mass is 319 g/mol. The highest BCUT2D eigenvalue weighted by Gasteiger charge is 2.25. The summed E-state index contributed by atoms with van der Waals surface area (Å²) in [5, 5.41) is 3.16. The number of thiocarbonyl (C=S) groups is 1. The SMILES string of the molecule is CCc1ccc(C(=O)NC(=S)N2CCC(C(N)=O)CC2)cc1. The maximum Gasteiger partial charge on any atom is 0.257 e. The standard InChI is InChI=1S/C16H21N3O2S/c1-2-11-3-5-13(6-4-11)15(21)18-16(22)19-9-7-12(8-10-19)14(17)20/h3-6,12H,2,7-10H2,1H3,(H2,17,20)(H,18,21,22). The highest BCUT2D eigenvalue weighted by molar-refractivity contribution is 7.80. The predicted molar refractivity (Wildman–Crippen MR) is 89.4 cm³/mol. The summed E-state index contributed by atoms with van der Waals surface area (Å²) in [6.07, 6.45) is 2.29. The van der Waals surface area contributed by atoms with E-state index >= 15 is 0 Å². The van der Waals surface area contributed by atoms with Crippen molar-refractivity contribution >= 4 is 29.1 Å². The van der Waals surface area contributed by atoms with E-state index in [9.17, 15) is 9.59 Å². The Hall–Kier alpha value is -1.95. The summed E-state index contributed by atoms with van der Waals surface area (Å²) < 4.78 is 0. The fourth-order valence-electron chi connectivity index (χ4n) is 2.51. The molecule has 3 N–H and O–H groups in total. The number of hydrogen-bond acceptors (Lipinski definition) is 3. The molecule has 1 aliphatic rings. The van der Waals surface area contributed by atoms with E-state index in [-0.39, 0.29) is 17.7 Å². The Bertz CT molecular complexity index is 563. The normalized spacial score (nSPS) is 15.4. The first-order chi connectivity index (χ1) is 10.5. The topological polar surface area (TPSA) is 75.4 Å². The van der Waals surface area contributed by atoms with Crippen molar-refractivity contribution in [1.82, 2.24) is 10.2 Å². The molecule has 2 amide bonds. The van der Waals surface area contributed by atoms with Crippen molar-refractivity contribution in [2.75, 3.05) is 13.1 Å². The summed E-state index contributed by atoms with van der Waals surface area (Å²) >= 11 is 5.28. The lowest BCUT2D eigenvalue weighted by Gasteiger charge is -2.32. The maximum atomic E-state index is 12.2. The smallest absolute Gasteiger partial charge is 0.257 e. The van der Waals surface area contributed by atoms with Gasteiger partial charge in [0.15, 0.2) is 5.11 Å². The van der Waals surface area contributed by atoms with Gasteiger partial charge in [0.05, 0.1) is 0 Å². The lowest BCUT2D eigenvalue weighted by Crippen LogP contribution is -2.47. The molecule has 22 heavy (non-hydrogen) atoms. The first kappa shape index (κ1) is 16.4. The zero-order valence-electron chi connectivity index (χ0n) is 12.7. The van der Waals surface area contributed by atoms with Crippen LogP contribution in [0.5, 0.6) is 0 Å². The fraction of sp³-hybridized carbons (Fsp3) is 0.438. The van der Waals surface area contributed by atoms with Crippen molar-refractivity contribution in [3.8, 4) is 0 Å². The molecular formula is C16H21N3O2S. The summed E-state index contributed by atoms with van der Waals surface area (Å²) in [5.41, 5.74) is 7.09. The third kappa shape index (κ3) is 4.04. The molecule has 1 aromatic carbocycles. The molecule has 0 aromatic heterocycles. The molecular weight excluding hydrogens is 298 g/mol. The average molecular weight is 319 g/mol. The van der Waals surface area contributed by atoms with Crippen molar-refractivity contribution in [2.45, 2.75) is 26.2 Å². The first-order valence-electron chi connectivity index (χ1n) is 7.49. The molecule has 0 saturated carbocycles. The quantitative estimate of drug-likeness (QED) is 0.827. The number of nitrogens with zero attached hydrogens (tertiary/aromatic N) is 1. The van der Waals surface area contributed by atoms with Gasteiger partial charge in [-0.1, -0.05) is 19.1 Å². The summed E-state index contributed by atoms with van der Waals surface area (Å²) in [4.78, 5) is 25.2. The summed E-state index contributed by atoms with van der Waals surface area (Å²) in [5.74, 6) is -0.549. The highest BCUT2D eigenvalue weighted by atomic mass is 32.1. The molecule has 1 heterocycles. The zero-order valence-corrected chi connectivity index (χ0v) is 13.5. The minimum absolute atomic E-state index is 0.0867. The van der Waals surface area contributed by atoms with Gasteiger partial charge in [-0.05, 0) is 49.2 Å². The number of amides is 2. The van der Waals surface area contributed by atoms with Gasteiger partial charge in [0.2, 0.25) is 5.91 Å². The lowest BCUT2D eigenvalue weighted by molar-refractivity contribution is -0.122. The maximum absolute atomic E-state index is 12.2. The van der Waals surface area contributed by atoms with E-state index in [0.29, 0.717) is 36.6 Å². The van der Waals surface area contributed by atoms with Crippen LogP contribution in [0, 0.1) is 5.92 Å². The summed E-state index contributed by atoms with van der Waals surface area (Å²) in [6, 6.07) is 7.48. The van der Waals surface area contributed by atoms with Gasteiger partial charge in [0.1, 0.15) is 0 Å². The molecule has 0 radical (unpaired) electrons. The molecule has 0 aliphatic carbocycles. The molecule has 0 unspecified atom stereocenters. The number of likely N-dealkylation sites (tertiary alicyclic amines) is 1. The van der Waals surface area contributed by atoms with Gasteiger partial charge >= 0.3 is 0 Å². The van der Waals surface area contributed by atoms with Gasteiger partial charge < -0.3 is 10.6 Å². The molecule has 6 heteroatoms. The van der Waals surface area contributed by atoms with Gasteiger partial charge in [-0.2, -0.15) is 0 Å².